The quantitative estimate of drug-likeness (QED) is 0.371. The Morgan fingerprint density at radius 1 is 1.33 bits per heavy atom. The largest absolute Gasteiger partial charge is 0.388 e. The Hall–Kier alpha value is -1.02. The van der Waals surface area contributed by atoms with Gasteiger partial charge in [0.1, 0.15) is 24.4 Å². The van der Waals surface area contributed by atoms with Crippen LogP contribution in [0.3, 0.4) is 0 Å². The van der Waals surface area contributed by atoms with E-state index in [4.69, 9.17) is 4.74 Å². The number of aliphatic hydroxyl groups is 3. The van der Waals surface area contributed by atoms with Crippen molar-refractivity contribution in [2.45, 2.75) is 37.6 Å². The molecule has 0 spiro atoms. The molecule has 1 saturated heterocycles. The van der Waals surface area contributed by atoms with Crippen molar-refractivity contribution in [3.05, 3.63) is 0 Å². The maximum absolute atomic E-state index is 10.7. The van der Waals surface area contributed by atoms with Gasteiger partial charge in [0.15, 0.2) is 12.6 Å². The van der Waals surface area contributed by atoms with E-state index in [2.05, 4.69) is 5.32 Å². The summed E-state index contributed by atoms with van der Waals surface area (Å²) in [4.78, 5) is 21.1. The predicted octanol–water partition coefficient (Wildman–Crippen LogP) is -2.87. The predicted molar refractivity (Wildman–Crippen MR) is 46.6 cm³/mol. The van der Waals surface area contributed by atoms with Gasteiger partial charge in [0.05, 0.1) is 0 Å². The molecule has 0 aliphatic carbocycles. The third-order valence-electron chi connectivity index (χ3n) is 2.16. The highest BCUT2D eigenvalue weighted by molar-refractivity contribution is 5.73. The first-order valence-electron chi connectivity index (χ1n) is 4.39. The van der Waals surface area contributed by atoms with Crippen LogP contribution in [0.4, 0.5) is 0 Å². The van der Waals surface area contributed by atoms with E-state index < -0.39 is 36.6 Å². The number of aliphatic hydroxyl groups excluding tert-OH is 3. The molecule has 1 fully saturated rings. The minimum Gasteiger partial charge on any atom is -0.388 e. The number of ether oxygens (including phenoxy) is 1. The van der Waals surface area contributed by atoms with Gasteiger partial charge >= 0.3 is 0 Å². The van der Waals surface area contributed by atoms with Crippen LogP contribution in [0, 0.1) is 0 Å². The molecule has 86 valence electrons. The second-order valence-corrected chi connectivity index (χ2v) is 3.33. The molecule has 15 heavy (non-hydrogen) atoms. The van der Waals surface area contributed by atoms with Crippen molar-refractivity contribution in [3.8, 4) is 0 Å². The summed E-state index contributed by atoms with van der Waals surface area (Å²) in [7, 11) is 0. The Kier molecular flexibility index (Phi) is 3.75. The number of amides is 1. The summed E-state index contributed by atoms with van der Waals surface area (Å²) in [5, 5.41) is 30.4. The molecule has 1 heterocycles. The summed E-state index contributed by atoms with van der Waals surface area (Å²) in [6, 6.07) is -1.14. The van der Waals surface area contributed by atoms with Gasteiger partial charge in [-0.05, 0) is 0 Å². The van der Waals surface area contributed by atoms with E-state index >= 15 is 0 Å². The van der Waals surface area contributed by atoms with Crippen LogP contribution in [-0.4, -0.2) is 58.2 Å². The molecule has 1 amide bonds. The fourth-order valence-corrected chi connectivity index (χ4v) is 1.41. The zero-order chi connectivity index (χ0) is 11.6. The molecule has 1 aliphatic heterocycles. The molecule has 1 aliphatic rings. The Balaban J connectivity index is 2.74. The molecule has 0 aromatic heterocycles. The average molecular weight is 219 g/mol. The molecule has 0 unspecified atom stereocenters. The monoisotopic (exact) mass is 219 g/mol. The summed E-state index contributed by atoms with van der Waals surface area (Å²) >= 11 is 0. The van der Waals surface area contributed by atoms with Crippen LogP contribution in [0.2, 0.25) is 0 Å². The number of hydrogen-bond donors (Lipinski definition) is 4. The van der Waals surface area contributed by atoms with Crippen LogP contribution < -0.4 is 5.32 Å². The highest BCUT2D eigenvalue weighted by Crippen LogP contribution is 2.18. The van der Waals surface area contributed by atoms with Gasteiger partial charge in [0.2, 0.25) is 5.91 Å². The van der Waals surface area contributed by atoms with Crippen LogP contribution in [0.15, 0.2) is 0 Å². The average Bonchev–Trinajstić information content (AvgIpc) is 2.18. The molecule has 0 aromatic carbocycles. The molecule has 0 saturated carbocycles. The van der Waals surface area contributed by atoms with E-state index in [0.29, 0.717) is 0 Å². The van der Waals surface area contributed by atoms with E-state index in [1.807, 2.05) is 0 Å². The number of rotatable bonds is 2. The summed E-state index contributed by atoms with van der Waals surface area (Å²) in [6.45, 7) is 1.19. The molecule has 0 bridgehead atoms. The minimum absolute atomic E-state index is 0.279. The Bertz CT molecular complexity index is 258. The number of aldehydes is 1. The maximum Gasteiger partial charge on any atom is 0.217 e. The highest BCUT2D eigenvalue weighted by atomic mass is 16.6. The summed E-state index contributed by atoms with van der Waals surface area (Å²) in [5.41, 5.74) is 0. The molecule has 7 nitrogen and oxygen atoms in total. The first-order valence-corrected chi connectivity index (χ1v) is 4.39. The van der Waals surface area contributed by atoms with Gasteiger partial charge in [-0.25, -0.2) is 0 Å². The smallest absolute Gasteiger partial charge is 0.217 e. The Morgan fingerprint density at radius 3 is 2.40 bits per heavy atom. The summed E-state index contributed by atoms with van der Waals surface area (Å²) in [6.07, 6.45) is -5.46. The topological polar surface area (TPSA) is 116 Å². The standard InChI is InChI=1S/C8H13NO6/c1-3(11)9-5-7(13)6(12)4(2-10)15-8(5)14/h2,4-8,12-14H,1H3,(H,9,11)/t4-,5-,6+,7-,8-/m1/s1. The maximum atomic E-state index is 10.7. The SMILES string of the molecule is CC(=O)N[C@@H]1[C@@H](O)[C@@H](O)[C@@H](C=O)O[C@H]1O. The molecule has 0 aromatic rings. The van der Waals surface area contributed by atoms with Crippen LogP contribution in [0.25, 0.3) is 0 Å². The second kappa shape index (κ2) is 4.67. The molecule has 0 radical (unpaired) electrons. The first kappa shape index (κ1) is 12.1. The van der Waals surface area contributed by atoms with Gasteiger partial charge in [-0.2, -0.15) is 0 Å². The minimum atomic E-state index is -1.53. The lowest BCUT2D eigenvalue weighted by atomic mass is 9.97. The van der Waals surface area contributed by atoms with Crippen molar-refractivity contribution in [2.75, 3.05) is 0 Å². The third-order valence-corrected chi connectivity index (χ3v) is 2.16. The molecule has 7 heteroatoms. The molecular weight excluding hydrogens is 206 g/mol. The van der Waals surface area contributed by atoms with Gasteiger partial charge in [0, 0.05) is 6.92 Å². The third kappa shape index (κ3) is 2.51. The van der Waals surface area contributed by atoms with Crippen LogP contribution in [-0.2, 0) is 14.3 Å². The number of hydrogen-bond acceptors (Lipinski definition) is 6. The van der Waals surface area contributed by atoms with Crippen LogP contribution in [0.1, 0.15) is 6.92 Å². The lowest BCUT2D eigenvalue weighted by Crippen LogP contribution is -2.63. The molecule has 1 rings (SSSR count). The van der Waals surface area contributed by atoms with Gasteiger partial charge in [0.25, 0.3) is 0 Å². The number of carbonyl (C=O) groups excluding carboxylic acids is 2. The lowest BCUT2D eigenvalue weighted by Gasteiger charge is -2.38. The van der Waals surface area contributed by atoms with Gasteiger partial charge in [-0.15, -0.1) is 0 Å². The lowest BCUT2D eigenvalue weighted by molar-refractivity contribution is -0.238. The van der Waals surface area contributed by atoms with Crippen molar-refractivity contribution in [1.29, 1.82) is 0 Å². The van der Waals surface area contributed by atoms with Crippen LogP contribution in [0.5, 0.6) is 0 Å². The summed E-state index contributed by atoms with van der Waals surface area (Å²) in [5.74, 6) is -0.488. The van der Waals surface area contributed by atoms with Gasteiger partial charge in [-0.3, -0.25) is 4.79 Å². The first-order chi connectivity index (χ1) is 6.97. The number of nitrogens with one attached hydrogen (secondary N) is 1. The van der Waals surface area contributed by atoms with Crippen molar-refractivity contribution in [1.82, 2.24) is 5.32 Å². The van der Waals surface area contributed by atoms with Gasteiger partial charge < -0.3 is 30.2 Å². The van der Waals surface area contributed by atoms with Gasteiger partial charge in [-0.1, -0.05) is 0 Å². The molecular formula is C8H13NO6. The van der Waals surface area contributed by atoms with E-state index in [1.165, 1.54) is 6.92 Å². The molecule has 4 N–H and O–H groups in total. The van der Waals surface area contributed by atoms with E-state index in [-0.39, 0.29) is 6.29 Å². The van der Waals surface area contributed by atoms with E-state index in [1.54, 1.807) is 0 Å². The van der Waals surface area contributed by atoms with E-state index in [0.717, 1.165) is 0 Å². The van der Waals surface area contributed by atoms with E-state index in [9.17, 15) is 24.9 Å². The zero-order valence-electron chi connectivity index (χ0n) is 8.03. The highest BCUT2D eigenvalue weighted by Gasteiger charge is 2.44. The fraction of sp³-hybridized carbons (Fsp3) is 0.750. The normalized spacial score (nSPS) is 40.9. The molecule has 5 atom stereocenters. The van der Waals surface area contributed by atoms with Crippen LogP contribution >= 0.6 is 0 Å². The fourth-order valence-electron chi connectivity index (χ4n) is 1.41. The Morgan fingerprint density at radius 2 is 1.93 bits per heavy atom. The van der Waals surface area contributed by atoms with Crippen molar-refractivity contribution in [2.24, 2.45) is 0 Å². The number of carbonyl (C=O) groups is 2. The zero-order valence-corrected chi connectivity index (χ0v) is 8.03. The Labute approximate surface area is 85.7 Å². The second-order valence-electron chi connectivity index (χ2n) is 3.33. The van der Waals surface area contributed by atoms with Crippen molar-refractivity contribution < 1.29 is 29.6 Å². The van der Waals surface area contributed by atoms with Crippen molar-refractivity contribution >= 4 is 12.2 Å². The summed E-state index contributed by atoms with van der Waals surface area (Å²) < 4.78 is 4.69. The van der Waals surface area contributed by atoms with Crippen molar-refractivity contribution in [3.63, 3.8) is 0 Å².